The van der Waals surface area contributed by atoms with E-state index in [0.29, 0.717) is 11.3 Å². The molecule has 0 bridgehead atoms. The Labute approximate surface area is 271 Å². The van der Waals surface area contributed by atoms with Crippen molar-refractivity contribution < 1.29 is 53.7 Å². The number of carbonyl (C=O) groups excluding carboxylic acids is 5. The van der Waals surface area contributed by atoms with E-state index in [4.69, 9.17) is 0 Å². The minimum Gasteiger partial charge on any atom is -0.480 e. The van der Waals surface area contributed by atoms with E-state index < -0.39 is 55.4 Å². The molecular formula is C31H41N5O11. The first-order chi connectivity index (χ1) is 22.1. The van der Waals surface area contributed by atoms with Crippen molar-refractivity contribution in [1.82, 2.24) is 19.6 Å². The fourth-order valence-electron chi connectivity index (χ4n) is 5.08. The normalized spacial score (nSPS) is 13.4. The number of hydrogen-bond acceptors (Lipinski definition) is 11. The molecular weight excluding hydrogens is 618 g/mol. The van der Waals surface area contributed by atoms with E-state index in [1.165, 1.54) is 40.7 Å². The van der Waals surface area contributed by atoms with Crippen LogP contribution in [0.5, 0.6) is 0 Å². The van der Waals surface area contributed by atoms with Crippen LogP contribution in [0, 0.1) is 0 Å². The second-order valence-corrected chi connectivity index (χ2v) is 11.3. The number of Topliss-reactive ketones (excluding diaryl/α,β-unsaturated/α-hetero) is 2. The molecule has 0 fully saturated rings. The molecule has 1 aliphatic heterocycles. The number of rotatable bonds is 23. The number of carboxylic acid groups (broad SMARTS) is 3. The predicted octanol–water partition coefficient (Wildman–Crippen LogP) is -0.421. The van der Waals surface area contributed by atoms with Gasteiger partial charge >= 0.3 is 17.9 Å². The molecule has 2 rings (SSSR count). The van der Waals surface area contributed by atoms with Crippen molar-refractivity contribution >= 4 is 52.9 Å². The fourth-order valence-corrected chi connectivity index (χ4v) is 5.08. The molecule has 1 aliphatic rings. The summed E-state index contributed by atoms with van der Waals surface area (Å²) in [7, 11) is 0. The van der Waals surface area contributed by atoms with Gasteiger partial charge in [0.1, 0.15) is 11.6 Å². The van der Waals surface area contributed by atoms with Gasteiger partial charge in [-0.3, -0.25) is 58.0 Å². The first kappa shape index (κ1) is 38.4. The number of hydrogen-bond donors (Lipinski definition) is 4. The Morgan fingerprint density at radius 1 is 0.745 bits per heavy atom. The summed E-state index contributed by atoms with van der Waals surface area (Å²) in [6.45, 7) is 1.07. The number of carbonyl (C=O) groups is 8. The molecule has 256 valence electrons. The second-order valence-electron chi connectivity index (χ2n) is 11.3. The Hall–Kier alpha value is -4.80. The maximum atomic E-state index is 12.4. The van der Waals surface area contributed by atoms with Crippen LogP contribution in [0.25, 0.3) is 0 Å². The number of nitrogens with one attached hydrogen (secondary N) is 1. The smallest absolute Gasteiger partial charge is 0.317 e. The van der Waals surface area contributed by atoms with Gasteiger partial charge in [0.05, 0.1) is 32.7 Å². The third kappa shape index (κ3) is 14.9. The zero-order chi connectivity index (χ0) is 35.1. The highest BCUT2D eigenvalue weighted by Crippen LogP contribution is 2.16. The van der Waals surface area contributed by atoms with Crippen LogP contribution in [0.4, 0.5) is 5.69 Å². The van der Waals surface area contributed by atoms with E-state index in [2.05, 4.69) is 5.32 Å². The predicted molar refractivity (Wildman–Crippen MR) is 166 cm³/mol. The van der Waals surface area contributed by atoms with Crippen molar-refractivity contribution in [1.29, 1.82) is 0 Å². The third-order valence-electron chi connectivity index (χ3n) is 7.04. The van der Waals surface area contributed by atoms with Crippen LogP contribution in [-0.4, -0.2) is 147 Å². The zero-order valence-electron chi connectivity index (χ0n) is 26.4. The maximum Gasteiger partial charge on any atom is 0.317 e. The molecule has 0 aliphatic carbocycles. The Kier molecular flexibility index (Phi) is 15.5. The highest BCUT2D eigenvalue weighted by Gasteiger charge is 2.27. The van der Waals surface area contributed by atoms with Gasteiger partial charge in [0.2, 0.25) is 5.91 Å². The lowest BCUT2D eigenvalue weighted by molar-refractivity contribution is -0.141. The van der Waals surface area contributed by atoms with E-state index in [0.717, 1.165) is 4.90 Å². The molecule has 1 atom stereocenters. The van der Waals surface area contributed by atoms with Crippen molar-refractivity contribution in [2.45, 2.75) is 39.2 Å². The molecule has 4 N–H and O–H groups in total. The van der Waals surface area contributed by atoms with Crippen LogP contribution >= 0.6 is 0 Å². The van der Waals surface area contributed by atoms with Crippen molar-refractivity contribution in [2.75, 3.05) is 64.2 Å². The highest BCUT2D eigenvalue weighted by atomic mass is 16.4. The van der Waals surface area contributed by atoms with Crippen molar-refractivity contribution in [3.63, 3.8) is 0 Å². The molecule has 0 unspecified atom stereocenters. The molecule has 0 saturated heterocycles. The van der Waals surface area contributed by atoms with E-state index in [1.807, 2.05) is 0 Å². The zero-order valence-corrected chi connectivity index (χ0v) is 26.4. The lowest BCUT2D eigenvalue weighted by Gasteiger charge is -2.34. The van der Waals surface area contributed by atoms with Gasteiger partial charge in [0.25, 0.3) is 11.8 Å². The van der Waals surface area contributed by atoms with Crippen LogP contribution < -0.4 is 5.32 Å². The van der Waals surface area contributed by atoms with Gasteiger partial charge < -0.3 is 20.6 Å². The largest absolute Gasteiger partial charge is 0.480 e. The Bertz CT molecular complexity index is 1310. The summed E-state index contributed by atoms with van der Waals surface area (Å²) in [6, 6.07) is 6.00. The Morgan fingerprint density at radius 2 is 1.28 bits per heavy atom. The molecule has 0 saturated carbocycles. The summed E-state index contributed by atoms with van der Waals surface area (Å²) < 4.78 is 0. The first-order valence-corrected chi connectivity index (χ1v) is 14.9. The fraction of sp³-hybridized carbons (Fsp3) is 0.484. The van der Waals surface area contributed by atoms with Crippen molar-refractivity contribution in [3.05, 3.63) is 42.0 Å². The van der Waals surface area contributed by atoms with Crippen LogP contribution in [0.1, 0.15) is 32.3 Å². The molecule has 16 nitrogen and oxygen atoms in total. The van der Waals surface area contributed by atoms with Gasteiger partial charge in [-0.2, -0.15) is 0 Å². The Balaban J connectivity index is 2.17. The molecule has 1 aromatic rings. The molecule has 16 heteroatoms. The van der Waals surface area contributed by atoms with Gasteiger partial charge in [-0.25, -0.2) is 0 Å². The average Bonchev–Trinajstić information content (AvgIpc) is 3.27. The number of aliphatic carboxylic acids is 3. The van der Waals surface area contributed by atoms with Crippen LogP contribution in [-0.2, 0) is 44.8 Å². The van der Waals surface area contributed by atoms with Crippen molar-refractivity contribution in [3.8, 4) is 0 Å². The highest BCUT2D eigenvalue weighted by molar-refractivity contribution is 6.12. The monoisotopic (exact) mass is 659 g/mol. The number of anilines is 1. The van der Waals surface area contributed by atoms with Gasteiger partial charge in [0, 0.05) is 56.5 Å². The minimum absolute atomic E-state index is 0.00384. The van der Waals surface area contributed by atoms with Crippen LogP contribution in [0.15, 0.2) is 36.4 Å². The SMILES string of the molecule is CC(=O)CN(CCN(CC(=O)O)C[C@@H](Cc1ccc(NC(=O)CCCN2C(=O)C=CC2=O)cc1)N(CC(C)=O)CC(=O)O)CC(=O)O. The molecule has 47 heavy (non-hydrogen) atoms. The van der Waals surface area contributed by atoms with E-state index in [1.54, 1.807) is 24.3 Å². The number of nitrogens with zero attached hydrogens (tertiary/aromatic N) is 4. The number of amides is 3. The van der Waals surface area contributed by atoms with Crippen LogP contribution in [0.2, 0.25) is 0 Å². The first-order valence-electron chi connectivity index (χ1n) is 14.9. The van der Waals surface area contributed by atoms with Crippen LogP contribution in [0.3, 0.4) is 0 Å². The van der Waals surface area contributed by atoms with Gasteiger partial charge in [-0.15, -0.1) is 0 Å². The van der Waals surface area contributed by atoms with E-state index in [-0.39, 0.29) is 76.0 Å². The van der Waals surface area contributed by atoms with Gasteiger partial charge in [0.15, 0.2) is 0 Å². The van der Waals surface area contributed by atoms with Crippen molar-refractivity contribution in [2.24, 2.45) is 0 Å². The van der Waals surface area contributed by atoms with Gasteiger partial charge in [-0.1, -0.05) is 12.1 Å². The molecule has 0 aromatic heterocycles. The number of carboxylic acids is 3. The molecule has 0 spiro atoms. The topological polar surface area (TPSA) is 222 Å². The summed E-state index contributed by atoms with van der Waals surface area (Å²) in [5.41, 5.74) is 1.16. The van der Waals surface area contributed by atoms with E-state index in [9.17, 15) is 53.7 Å². The number of benzene rings is 1. The van der Waals surface area contributed by atoms with Gasteiger partial charge in [-0.05, 0) is 44.4 Å². The van der Waals surface area contributed by atoms with E-state index >= 15 is 0 Å². The quantitative estimate of drug-likeness (QED) is 0.110. The summed E-state index contributed by atoms with van der Waals surface area (Å²) in [5, 5.41) is 31.1. The Morgan fingerprint density at radius 3 is 1.81 bits per heavy atom. The molecule has 3 amide bonds. The third-order valence-corrected chi connectivity index (χ3v) is 7.04. The molecule has 1 aromatic carbocycles. The summed E-state index contributed by atoms with van der Waals surface area (Å²) in [6.07, 6.45) is 2.88. The molecule has 0 radical (unpaired) electrons. The summed E-state index contributed by atoms with van der Waals surface area (Å²) in [5.74, 6) is -5.27. The number of ketones is 2. The standard InChI is InChI=1S/C31H41N5O11/c1-21(37)15-33(18-29(42)43)12-13-34(19-30(44)45)17-25(35(16-22(2)38)20-31(46)47)14-23-5-7-24(8-6-23)32-26(39)4-3-11-36-27(40)9-10-28(36)41/h5-10,25H,3-4,11-20H2,1-2H3,(H,32,39)(H,42,43)(H,44,45)(H,46,47)/t25-/m1/s1. The summed E-state index contributed by atoms with van der Waals surface area (Å²) >= 11 is 0. The molecule has 1 heterocycles. The lowest BCUT2D eigenvalue weighted by atomic mass is 10.0. The second kappa shape index (κ2) is 19.0. The summed E-state index contributed by atoms with van der Waals surface area (Å²) in [4.78, 5) is 99.6. The lowest BCUT2D eigenvalue weighted by Crippen LogP contribution is -2.51. The maximum absolute atomic E-state index is 12.4. The average molecular weight is 660 g/mol. The minimum atomic E-state index is -1.19. The number of imide groups is 1.